The van der Waals surface area contributed by atoms with E-state index in [4.69, 9.17) is 0 Å². The lowest BCUT2D eigenvalue weighted by molar-refractivity contribution is -0.346. The molecule has 142 valence electrons. The summed E-state index contributed by atoms with van der Waals surface area (Å²) in [6.45, 7) is 0. The van der Waals surface area contributed by atoms with Crippen molar-refractivity contribution in [2.45, 2.75) is 80.5 Å². The van der Waals surface area contributed by atoms with Crippen LogP contribution in [0.2, 0.25) is 0 Å². The van der Waals surface area contributed by atoms with Gasteiger partial charge in [-0.25, -0.2) is 17.6 Å². The third kappa shape index (κ3) is 5.47. The Kier molecular flexibility index (Phi) is 6.48. The van der Waals surface area contributed by atoms with Crippen molar-refractivity contribution in [3.05, 3.63) is 0 Å². The Balaban J connectivity index is 1.89. The first-order valence-electron chi connectivity index (χ1n) is 8.02. The predicted octanol–water partition coefficient (Wildman–Crippen LogP) is 5.96. The van der Waals surface area contributed by atoms with Crippen molar-refractivity contribution in [2.75, 3.05) is 0 Å². The smallest absolute Gasteiger partial charge is 0.289 e. The quantitative estimate of drug-likeness (QED) is 0.396. The summed E-state index contributed by atoms with van der Waals surface area (Å²) in [6.07, 6.45) is -10.3. The van der Waals surface area contributed by atoms with Gasteiger partial charge in [0, 0.05) is 11.2 Å². The van der Waals surface area contributed by atoms with Crippen LogP contribution in [0.3, 0.4) is 0 Å². The molecular formula is C15H20BrF7O. The fourth-order valence-electron chi connectivity index (χ4n) is 3.80. The zero-order valence-corrected chi connectivity index (χ0v) is 14.4. The minimum atomic E-state index is -4.74. The highest BCUT2D eigenvalue weighted by Gasteiger charge is 2.53. The Bertz CT molecular complexity index is 397. The van der Waals surface area contributed by atoms with Gasteiger partial charge in [0.1, 0.15) is 12.3 Å². The molecule has 0 heterocycles. The van der Waals surface area contributed by atoms with Gasteiger partial charge in [-0.15, -0.1) is 13.2 Å². The standard InChI is InChI=1S/C15H20BrF7O/c16-9-5-11(17)13(12(18)6-9)14(19,20)7-8-1-3-10(4-2-8)24-15(21,22)23/h8-13H,1-7H2. The van der Waals surface area contributed by atoms with Crippen molar-refractivity contribution in [1.29, 1.82) is 0 Å². The third-order valence-corrected chi connectivity index (χ3v) is 5.63. The average Bonchev–Trinajstić information content (AvgIpc) is 2.37. The van der Waals surface area contributed by atoms with E-state index in [0.29, 0.717) is 0 Å². The maximum absolute atomic E-state index is 14.4. The Morgan fingerprint density at radius 3 is 1.83 bits per heavy atom. The van der Waals surface area contributed by atoms with E-state index in [1.54, 1.807) is 0 Å². The highest BCUT2D eigenvalue weighted by Crippen LogP contribution is 2.46. The van der Waals surface area contributed by atoms with Crippen LogP contribution in [-0.4, -0.2) is 35.6 Å². The average molecular weight is 429 g/mol. The van der Waals surface area contributed by atoms with Crippen LogP contribution in [0.25, 0.3) is 0 Å². The number of ether oxygens (including phenoxy) is 1. The number of hydrogen-bond donors (Lipinski definition) is 0. The second-order valence-corrected chi connectivity index (χ2v) is 8.09. The third-order valence-electron chi connectivity index (χ3n) is 4.88. The molecular weight excluding hydrogens is 409 g/mol. The number of halogens is 8. The molecule has 0 aromatic rings. The fraction of sp³-hybridized carbons (Fsp3) is 1.00. The van der Waals surface area contributed by atoms with Crippen LogP contribution >= 0.6 is 15.9 Å². The second-order valence-electron chi connectivity index (χ2n) is 6.80. The van der Waals surface area contributed by atoms with Crippen LogP contribution in [0.15, 0.2) is 0 Å². The zero-order chi connectivity index (χ0) is 18.1. The van der Waals surface area contributed by atoms with Gasteiger partial charge < -0.3 is 0 Å². The molecule has 0 saturated heterocycles. The highest BCUT2D eigenvalue weighted by molar-refractivity contribution is 9.09. The molecule has 0 aliphatic heterocycles. The second kappa shape index (κ2) is 7.68. The molecule has 0 aromatic carbocycles. The minimum Gasteiger partial charge on any atom is -0.289 e. The van der Waals surface area contributed by atoms with Gasteiger partial charge in [-0.3, -0.25) is 4.74 Å². The Hall–Kier alpha value is -0.0500. The molecule has 0 bridgehead atoms. The molecule has 2 fully saturated rings. The largest absolute Gasteiger partial charge is 0.522 e. The molecule has 2 saturated carbocycles. The van der Waals surface area contributed by atoms with E-state index in [1.165, 1.54) is 0 Å². The van der Waals surface area contributed by atoms with E-state index < -0.39 is 53.8 Å². The van der Waals surface area contributed by atoms with E-state index in [0.717, 1.165) is 0 Å². The highest BCUT2D eigenvalue weighted by atomic mass is 79.9. The summed E-state index contributed by atoms with van der Waals surface area (Å²) in [5, 5.41) is 0. The van der Waals surface area contributed by atoms with Crippen molar-refractivity contribution >= 4 is 15.9 Å². The van der Waals surface area contributed by atoms with Gasteiger partial charge in [0.2, 0.25) is 0 Å². The molecule has 1 nitrogen and oxygen atoms in total. The van der Waals surface area contributed by atoms with Crippen molar-refractivity contribution in [3.8, 4) is 0 Å². The van der Waals surface area contributed by atoms with Gasteiger partial charge >= 0.3 is 6.36 Å². The lowest BCUT2D eigenvalue weighted by atomic mass is 9.75. The van der Waals surface area contributed by atoms with Crippen LogP contribution in [0, 0.1) is 11.8 Å². The summed E-state index contributed by atoms with van der Waals surface area (Å²) in [5.41, 5.74) is 0. The molecule has 2 aliphatic rings. The van der Waals surface area contributed by atoms with E-state index >= 15 is 0 Å². The van der Waals surface area contributed by atoms with Crippen molar-refractivity contribution < 1.29 is 35.5 Å². The van der Waals surface area contributed by atoms with Crippen molar-refractivity contribution in [3.63, 3.8) is 0 Å². The maximum Gasteiger partial charge on any atom is 0.522 e. The molecule has 24 heavy (non-hydrogen) atoms. The van der Waals surface area contributed by atoms with Gasteiger partial charge in [0.25, 0.3) is 5.92 Å². The van der Waals surface area contributed by atoms with Crippen LogP contribution in [-0.2, 0) is 4.74 Å². The SMILES string of the molecule is FC1CC(Br)CC(F)C1C(F)(F)CC1CCC(OC(F)(F)F)CC1. The molecule has 0 N–H and O–H groups in total. The van der Waals surface area contributed by atoms with E-state index in [9.17, 15) is 30.7 Å². The van der Waals surface area contributed by atoms with Gasteiger partial charge in [0.05, 0.1) is 12.0 Å². The van der Waals surface area contributed by atoms with Crippen molar-refractivity contribution in [2.24, 2.45) is 11.8 Å². The van der Waals surface area contributed by atoms with E-state index in [2.05, 4.69) is 20.7 Å². The monoisotopic (exact) mass is 428 g/mol. The molecule has 0 spiro atoms. The lowest BCUT2D eigenvalue weighted by Gasteiger charge is -2.39. The Morgan fingerprint density at radius 1 is 0.875 bits per heavy atom. The molecule has 2 rings (SSSR count). The molecule has 2 unspecified atom stereocenters. The minimum absolute atomic E-state index is 0.0203. The Labute approximate surface area is 144 Å². The summed E-state index contributed by atoms with van der Waals surface area (Å²) in [7, 11) is 0. The van der Waals surface area contributed by atoms with Crippen molar-refractivity contribution in [1.82, 2.24) is 0 Å². The first kappa shape index (κ1) is 20.3. The summed E-state index contributed by atoms with van der Waals surface area (Å²) >= 11 is 3.06. The first-order chi connectivity index (χ1) is 11.0. The number of hydrogen-bond acceptors (Lipinski definition) is 1. The van der Waals surface area contributed by atoms with Gasteiger partial charge in [-0.1, -0.05) is 15.9 Å². The number of alkyl halides is 8. The normalized spacial score (nSPS) is 39.0. The first-order valence-corrected chi connectivity index (χ1v) is 8.94. The lowest BCUT2D eigenvalue weighted by Crippen LogP contribution is -2.48. The van der Waals surface area contributed by atoms with E-state index in [1.807, 2.05) is 0 Å². The molecule has 2 atom stereocenters. The predicted molar refractivity (Wildman–Crippen MR) is 77.7 cm³/mol. The van der Waals surface area contributed by atoms with Crippen LogP contribution in [0.1, 0.15) is 44.9 Å². The van der Waals surface area contributed by atoms with Crippen LogP contribution in [0.5, 0.6) is 0 Å². The summed E-state index contributed by atoms with van der Waals surface area (Å²) in [6, 6.07) is 0. The molecule has 0 aromatic heterocycles. The fourth-order valence-corrected chi connectivity index (χ4v) is 4.51. The molecule has 0 radical (unpaired) electrons. The van der Waals surface area contributed by atoms with Gasteiger partial charge in [-0.2, -0.15) is 0 Å². The zero-order valence-electron chi connectivity index (χ0n) is 12.8. The molecule has 2 aliphatic carbocycles. The van der Waals surface area contributed by atoms with Gasteiger partial charge in [-0.05, 0) is 44.4 Å². The molecule has 9 heteroatoms. The van der Waals surface area contributed by atoms with E-state index in [-0.39, 0.29) is 38.5 Å². The van der Waals surface area contributed by atoms with Gasteiger partial charge in [0.15, 0.2) is 0 Å². The topological polar surface area (TPSA) is 9.23 Å². The molecule has 0 amide bonds. The van der Waals surface area contributed by atoms with Crippen LogP contribution < -0.4 is 0 Å². The summed E-state index contributed by atoms with van der Waals surface area (Å²) in [4.78, 5) is -0.454. The number of rotatable bonds is 4. The maximum atomic E-state index is 14.4. The van der Waals surface area contributed by atoms with Crippen LogP contribution in [0.4, 0.5) is 30.7 Å². The summed E-state index contributed by atoms with van der Waals surface area (Å²) < 4.78 is 97.0. The Morgan fingerprint density at radius 2 is 1.38 bits per heavy atom. The summed E-state index contributed by atoms with van der Waals surface area (Å²) in [5.74, 6) is -6.03.